The Labute approximate surface area is 778 Å². The standard InChI is InChI=1S/C88H137N11O35/c1-53(100)96-75-81(129-62(10)109)78(126-59(7)106)68(50-122-56(4)103)132-85(75)119-43-24-14-19-33-71(113)90-38-27-36-89-46-66(112)47-99(48-74(116)93-41-28-39-91-72(114)34-20-15-25-44-120-86-76(97-54(2)101)82(130-63(11)110)79(127-60(8)107)69(133-86)51-123-57(5)104)67(32-22-23-37-95-88(118)125-49-65-30-17-13-18-31-65)84(117)94-42-29-40-92-73(115)35-21-16-26-45-121-87-77(98-55(3)102)83(131-64(12)111)80(128-61(9)108)70(134-87)52-124-58(6)105/h13,17-18,30-31,67-70,75-83,85-87,89H,14-16,19-29,32-52H2,1-12H3,(H,90,113)(H,91,114)(H,92,115)(H,93,116)(H,94,117)(H,95,118)(H,96,100)(H,97,101)(H,98,102). The first-order valence-corrected chi connectivity index (χ1v) is 45.1. The number of amides is 9. The van der Waals surface area contributed by atoms with Crippen LogP contribution in [0.25, 0.3) is 0 Å². The number of nitrogens with one attached hydrogen (secondary N) is 10. The van der Waals surface area contributed by atoms with Crippen LogP contribution in [0.15, 0.2) is 30.3 Å². The highest BCUT2D eigenvalue weighted by molar-refractivity contribution is 5.88. The summed E-state index contributed by atoms with van der Waals surface area (Å²) >= 11 is 0. The maximum atomic E-state index is 14.6. The highest BCUT2D eigenvalue weighted by Crippen LogP contribution is 2.32. The van der Waals surface area contributed by atoms with Crippen LogP contribution in [0.3, 0.4) is 0 Å². The van der Waals surface area contributed by atoms with Crippen LogP contribution in [0, 0.1) is 0 Å². The molecule has 4 rings (SSSR count). The first kappa shape index (κ1) is 115. The number of carbonyl (C=O) groups is 19. The molecule has 134 heavy (non-hydrogen) atoms. The molecule has 0 spiro atoms. The van der Waals surface area contributed by atoms with E-state index < -0.39 is 226 Å². The molecule has 0 saturated carbocycles. The number of rotatable bonds is 63. The van der Waals surface area contributed by atoms with Gasteiger partial charge in [-0.15, -0.1) is 0 Å². The van der Waals surface area contributed by atoms with Crippen LogP contribution in [0.5, 0.6) is 0 Å². The van der Waals surface area contributed by atoms with Crippen molar-refractivity contribution in [1.82, 2.24) is 58.1 Å². The van der Waals surface area contributed by atoms with E-state index >= 15 is 0 Å². The molecule has 0 bridgehead atoms. The van der Waals surface area contributed by atoms with Crippen molar-refractivity contribution in [1.29, 1.82) is 0 Å². The van der Waals surface area contributed by atoms with Crippen molar-refractivity contribution in [3.63, 3.8) is 0 Å². The molecule has 46 nitrogen and oxygen atoms in total. The smallest absolute Gasteiger partial charge is 0.407 e. The summed E-state index contributed by atoms with van der Waals surface area (Å²) in [7, 11) is 0. The average Bonchev–Trinajstić information content (AvgIpc) is 0.794. The van der Waals surface area contributed by atoms with Gasteiger partial charge >= 0.3 is 59.8 Å². The fourth-order valence-corrected chi connectivity index (χ4v) is 14.4. The van der Waals surface area contributed by atoms with Gasteiger partial charge in [-0.25, -0.2) is 4.79 Å². The van der Waals surface area contributed by atoms with Crippen molar-refractivity contribution in [2.45, 2.75) is 303 Å². The van der Waals surface area contributed by atoms with Gasteiger partial charge in [-0.05, 0) is 89.2 Å². The van der Waals surface area contributed by atoms with Gasteiger partial charge in [0, 0.05) is 161 Å². The minimum Gasteiger partial charge on any atom is -0.463 e. The highest BCUT2D eigenvalue weighted by Gasteiger charge is 2.55. The summed E-state index contributed by atoms with van der Waals surface area (Å²) in [4.78, 5) is 242. The molecule has 10 N–H and O–H groups in total. The van der Waals surface area contributed by atoms with Gasteiger partial charge in [0.15, 0.2) is 61.3 Å². The molecule has 1 aromatic carbocycles. The third kappa shape index (κ3) is 48.7. The molecule has 3 aliphatic heterocycles. The maximum absolute atomic E-state index is 14.6. The molecule has 3 aliphatic rings. The molecule has 16 atom stereocenters. The lowest BCUT2D eigenvalue weighted by Gasteiger charge is -2.44. The van der Waals surface area contributed by atoms with Crippen molar-refractivity contribution in [2.75, 3.05) is 105 Å². The number of unbranched alkanes of at least 4 members (excludes halogenated alkanes) is 7. The number of Topliss-reactive ketones (excluding diaryl/α,β-unsaturated/α-hetero) is 1. The Kier molecular flexibility index (Phi) is 55.6. The Balaban J connectivity index is 1.40. The Morgan fingerprint density at radius 2 is 0.672 bits per heavy atom. The number of carbonyl (C=O) groups excluding carboxylic acids is 19. The third-order valence-electron chi connectivity index (χ3n) is 20.2. The zero-order valence-corrected chi connectivity index (χ0v) is 78.6. The molecule has 0 radical (unpaired) electrons. The first-order chi connectivity index (χ1) is 63.8. The largest absolute Gasteiger partial charge is 0.463 e. The Morgan fingerprint density at radius 3 is 1.02 bits per heavy atom. The van der Waals surface area contributed by atoms with Crippen molar-refractivity contribution >= 4 is 113 Å². The highest BCUT2D eigenvalue weighted by atomic mass is 16.7. The van der Waals surface area contributed by atoms with E-state index in [4.69, 9.17) is 75.8 Å². The number of nitrogens with zero attached hydrogens (tertiary/aromatic N) is 1. The van der Waals surface area contributed by atoms with E-state index in [9.17, 15) is 91.1 Å². The molecule has 3 saturated heterocycles. The lowest BCUT2D eigenvalue weighted by molar-refractivity contribution is -0.277. The van der Waals surface area contributed by atoms with Crippen molar-refractivity contribution in [2.24, 2.45) is 0 Å². The molecule has 0 aromatic heterocycles. The summed E-state index contributed by atoms with van der Waals surface area (Å²) in [6.45, 7) is 12.7. The second-order valence-corrected chi connectivity index (χ2v) is 32.1. The third-order valence-corrected chi connectivity index (χ3v) is 20.2. The van der Waals surface area contributed by atoms with Gasteiger partial charge in [-0.1, -0.05) is 49.6 Å². The molecule has 1 aromatic rings. The first-order valence-electron chi connectivity index (χ1n) is 45.1. The van der Waals surface area contributed by atoms with E-state index in [1.54, 1.807) is 24.3 Å². The average molecular weight is 1910 g/mol. The van der Waals surface area contributed by atoms with E-state index in [0.29, 0.717) is 77.0 Å². The van der Waals surface area contributed by atoms with Crippen LogP contribution >= 0.6 is 0 Å². The number of benzene rings is 1. The number of alkyl carbamates (subject to hydrolysis) is 1. The normalized spacial score (nSPS) is 21.4. The topological polar surface area (TPSA) is 596 Å². The minimum absolute atomic E-state index is 0.0160. The molecule has 3 heterocycles. The maximum Gasteiger partial charge on any atom is 0.407 e. The summed E-state index contributed by atoms with van der Waals surface area (Å²) in [6.07, 6.45) is -9.95. The van der Waals surface area contributed by atoms with Crippen molar-refractivity contribution in [3.8, 4) is 0 Å². The van der Waals surface area contributed by atoms with E-state index in [1.165, 1.54) is 25.7 Å². The quantitative estimate of drug-likeness (QED) is 0.0239. The zero-order valence-electron chi connectivity index (χ0n) is 78.6. The van der Waals surface area contributed by atoms with Gasteiger partial charge in [-0.3, -0.25) is 91.2 Å². The van der Waals surface area contributed by atoms with E-state index in [-0.39, 0.29) is 135 Å². The predicted molar refractivity (Wildman–Crippen MR) is 466 cm³/mol. The van der Waals surface area contributed by atoms with Crippen LogP contribution in [-0.4, -0.2) is 321 Å². The van der Waals surface area contributed by atoms with Gasteiger partial charge in [0.2, 0.25) is 47.3 Å². The van der Waals surface area contributed by atoms with Crippen LogP contribution in [0.2, 0.25) is 0 Å². The number of esters is 9. The van der Waals surface area contributed by atoms with Gasteiger partial charge in [-0.2, -0.15) is 0 Å². The molecular weight excluding hydrogens is 1770 g/mol. The molecule has 9 amide bonds. The van der Waals surface area contributed by atoms with Crippen LogP contribution in [0.4, 0.5) is 4.79 Å². The van der Waals surface area contributed by atoms with Crippen molar-refractivity contribution in [3.05, 3.63) is 35.9 Å². The summed E-state index contributed by atoms with van der Waals surface area (Å²) < 4.78 is 90.0. The Hall–Kier alpha value is -11.2. The summed E-state index contributed by atoms with van der Waals surface area (Å²) in [5.74, 6) is -10.6. The lowest BCUT2D eigenvalue weighted by atomic mass is 9.96. The predicted octanol–water partition coefficient (Wildman–Crippen LogP) is 0.363. The van der Waals surface area contributed by atoms with E-state index in [2.05, 4.69) is 53.2 Å². The summed E-state index contributed by atoms with van der Waals surface area (Å²) in [6, 6.07) is 4.43. The SMILES string of the molecule is CC(=O)NC1C(OCCCCCC(=O)NCCCNCC(=O)CN(CC(=O)NCCCNC(=O)CCCCCOC2OC(COC(C)=O)C(OC(C)=O)C(OC(C)=O)C2NC(C)=O)C(CCCCNC(=O)OCc2ccccc2)C(=O)NCCCNC(=O)CCCCCOC2OC(COC(C)=O)C(OC(C)=O)C(OC(C)=O)C2NC(C)=O)OC(COC(C)=O)C(OC(C)=O)C1OC(C)=O. The monoisotopic (exact) mass is 1910 g/mol. The minimum atomic E-state index is -1.31. The molecule has 754 valence electrons. The van der Waals surface area contributed by atoms with E-state index in [1.807, 2.05) is 6.07 Å². The molecule has 16 unspecified atom stereocenters. The Morgan fingerprint density at radius 1 is 0.336 bits per heavy atom. The van der Waals surface area contributed by atoms with Crippen molar-refractivity contribution < 1.29 is 167 Å². The fraction of sp³-hybridized carbons (Fsp3) is 0.716. The fourth-order valence-electron chi connectivity index (χ4n) is 14.4. The van der Waals surface area contributed by atoms with Gasteiger partial charge in [0.25, 0.3) is 0 Å². The number of hydrogen-bond acceptors (Lipinski definition) is 37. The van der Waals surface area contributed by atoms with Gasteiger partial charge in [0.05, 0.1) is 25.7 Å². The van der Waals surface area contributed by atoms with Crippen LogP contribution in [0.1, 0.15) is 204 Å². The van der Waals surface area contributed by atoms with E-state index in [0.717, 1.165) is 67.9 Å². The van der Waals surface area contributed by atoms with Gasteiger partial charge < -0.3 is 129 Å². The molecule has 0 aliphatic carbocycles. The van der Waals surface area contributed by atoms with Crippen LogP contribution < -0.4 is 53.2 Å². The summed E-state index contributed by atoms with van der Waals surface area (Å²) in [5.41, 5.74) is 0.766. The molecule has 46 heteroatoms. The molecular formula is C88H137N11O35. The number of ketones is 1. The second kappa shape index (κ2) is 64.7. The number of ether oxygens (including phenoxy) is 16. The van der Waals surface area contributed by atoms with Gasteiger partial charge in [0.1, 0.15) is 62.9 Å². The van der Waals surface area contributed by atoms with Crippen LogP contribution in [-0.2, 0) is 169 Å². The summed E-state index contributed by atoms with van der Waals surface area (Å²) in [5, 5.41) is 27.9. The second-order valence-electron chi connectivity index (χ2n) is 32.1. The number of hydrogen-bond donors (Lipinski definition) is 10. The molecule has 3 fully saturated rings. The lowest BCUT2D eigenvalue weighted by Crippen LogP contribution is -2.66. The zero-order chi connectivity index (χ0) is 99.0. The Bertz CT molecular complexity index is 3940.